The van der Waals surface area contributed by atoms with Gasteiger partial charge in [-0.3, -0.25) is 9.80 Å². The number of alkyl halides is 9. The Balaban J connectivity index is 2.28. The highest BCUT2D eigenvalue weighted by Crippen LogP contribution is 2.42. The Morgan fingerprint density at radius 2 is 1.58 bits per heavy atom. The molecule has 0 bridgehead atoms. The normalized spacial score (nSPS) is 16.2. The van der Waals surface area contributed by atoms with Gasteiger partial charge in [0.2, 0.25) is 11.9 Å². The second kappa shape index (κ2) is 13.1. The second-order valence-electron chi connectivity index (χ2n) is 10.7. The molecule has 45 heavy (non-hydrogen) atoms. The zero-order chi connectivity index (χ0) is 34.1. The van der Waals surface area contributed by atoms with E-state index >= 15 is 0 Å². The number of nitrogens with two attached hydrogens (primary N) is 2. The molecule has 18 heteroatoms. The Labute approximate surface area is 252 Å². The lowest BCUT2D eigenvalue weighted by Gasteiger charge is -2.47. The third-order valence-corrected chi connectivity index (χ3v) is 6.59. The van der Waals surface area contributed by atoms with E-state index in [1.54, 1.807) is 20.8 Å². The summed E-state index contributed by atoms with van der Waals surface area (Å²) in [5.74, 6) is 3.91. The molecule has 1 aliphatic heterocycles. The summed E-state index contributed by atoms with van der Waals surface area (Å²) in [6.07, 6.45) is -15.0. The fourth-order valence-corrected chi connectivity index (χ4v) is 4.80. The van der Waals surface area contributed by atoms with Crippen molar-refractivity contribution in [3.05, 3.63) is 53.1 Å². The lowest BCUT2D eigenvalue weighted by atomic mass is 10.0. The van der Waals surface area contributed by atoms with Crippen molar-refractivity contribution >= 4 is 23.2 Å². The third-order valence-electron chi connectivity index (χ3n) is 6.59. The van der Waals surface area contributed by atoms with Gasteiger partial charge in [0, 0.05) is 19.5 Å². The van der Waals surface area contributed by atoms with Gasteiger partial charge in [-0.1, -0.05) is 20.8 Å². The van der Waals surface area contributed by atoms with Crippen LogP contribution in [0.4, 0.5) is 50.9 Å². The van der Waals surface area contributed by atoms with E-state index in [1.807, 2.05) is 0 Å². The van der Waals surface area contributed by atoms with Crippen LogP contribution in [0.1, 0.15) is 50.3 Å². The van der Waals surface area contributed by atoms with Crippen molar-refractivity contribution in [3.8, 4) is 5.75 Å². The zero-order valence-electron chi connectivity index (χ0n) is 24.6. The minimum atomic E-state index is -5.15. The quantitative estimate of drug-likeness (QED) is 0.117. The van der Waals surface area contributed by atoms with Gasteiger partial charge in [0.1, 0.15) is 5.75 Å². The molecular formula is C27H32F9N7O2. The standard InChI is InChI=1S/C27H32F9N7O2/c1-5-19-14-41(22-12-20(45-27(34,35)36)6-7-21(22)43(19)23(44)8-15(2)3)42(24(37)39-40(4)38)13-16-9-17(25(28,29)30)11-18(10-16)26(31,32)33/h6-7,9-12,15,19H,5,8,13-14,38H2,1-4H3,(H2,37,39)/t19-/m1/s1. The molecule has 0 spiro atoms. The summed E-state index contributed by atoms with van der Waals surface area (Å²) < 4.78 is 125. The lowest BCUT2D eigenvalue weighted by molar-refractivity contribution is -0.274. The molecule has 3 rings (SSSR count). The van der Waals surface area contributed by atoms with Gasteiger partial charge in [0.15, 0.2) is 0 Å². The van der Waals surface area contributed by atoms with Crippen LogP contribution < -0.4 is 26.2 Å². The van der Waals surface area contributed by atoms with Gasteiger partial charge in [0.25, 0.3) is 0 Å². The minimum Gasteiger partial charge on any atom is -0.406 e. The maximum atomic E-state index is 13.6. The zero-order valence-corrected chi connectivity index (χ0v) is 24.6. The molecule has 4 N–H and O–H groups in total. The van der Waals surface area contributed by atoms with Crippen molar-refractivity contribution < 1.29 is 49.0 Å². The van der Waals surface area contributed by atoms with Gasteiger partial charge in [-0.05, 0) is 48.2 Å². The number of nitrogens with zero attached hydrogens (tertiary/aromatic N) is 5. The Bertz CT molecular complexity index is 1360. The van der Waals surface area contributed by atoms with Crippen LogP contribution in [0.25, 0.3) is 0 Å². The number of fused-ring (bicyclic) bond motifs is 1. The number of hydrazone groups is 1. The first-order valence-corrected chi connectivity index (χ1v) is 13.5. The van der Waals surface area contributed by atoms with E-state index in [-0.39, 0.29) is 42.2 Å². The van der Waals surface area contributed by atoms with Crippen LogP contribution in [-0.4, -0.2) is 48.0 Å². The van der Waals surface area contributed by atoms with Crippen LogP contribution in [0, 0.1) is 5.92 Å². The first kappa shape index (κ1) is 35.4. The van der Waals surface area contributed by atoms with Crippen LogP contribution >= 0.6 is 0 Å². The summed E-state index contributed by atoms with van der Waals surface area (Å²) in [5.41, 5.74) is 2.47. The van der Waals surface area contributed by atoms with E-state index in [9.17, 15) is 44.3 Å². The number of hydrogen-bond donors (Lipinski definition) is 2. The van der Waals surface area contributed by atoms with E-state index in [4.69, 9.17) is 11.6 Å². The molecule has 1 aliphatic rings. The van der Waals surface area contributed by atoms with Gasteiger partial charge in [-0.25, -0.2) is 16.0 Å². The molecule has 250 valence electrons. The Kier molecular flexibility index (Phi) is 10.3. The highest BCUT2D eigenvalue weighted by molar-refractivity contribution is 5.99. The molecule has 1 atom stereocenters. The SMILES string of the molecule is CC[C@@H]1CN(N(Cc2cc(C(F)(F)F)cc(C(F)(F)F)c2)/C(N)=N/N(C)N)c2cc(OC(F)(F)F)ccc2N1C(=O)CC(C)C. The van der Waals surface area contributed by atoms with Crippen molar-refractivity contribution in [2.45, 2.75) is 64.9 Å². The van der Waals surface area contributed by atoms with Gasteiger partial charge < -0.3 is 15.4 Å². The van der Waals surface area contributed by atoms with Crippen molar-refractivity contribution in [2.24, 2.45) is 22.6 Å². The molecule has 0 unspecified atom stereocenters. The molecular weight excluding hydrogens is 625 g/mol. The number of ether oxygens (including phenoxy) is 1. The molecule has 0 aliphatic carbocycles. The highest BCUT2D eigenvalue weighted by Gasteiger charge is 2.40. The summed E-state index contributed by atoms with van der Waals surface area (Å²) in [4.78, 5) is 14.8. The van der Waals surface area contributed by atoms with E-state index in [0.717, 1.165) is 22.3 Å². The van der Waals surface area contributed by atoms with Crippen LogP contribution in [0.2, 0.25) is 0 Å². The Hall–Kier alpha value is -4.09. The smallest absolute Gasteiger partial charge is 0.406 e. The summed E-state index contributed by atoms with van der Waals surface area (Å²) in [7, 11) is 1.23. The molecule has 0 aromatic heterocycles. The molecule has 9 nitrogen and oxygen atoms in total. The van der Waals surface area contributed by atoms with E-state index in [0.29, 0.717) is 18.6 Å². The number of rotatable bonds is 8. The first-order chi connectivity index (χ1) is 20.6. The lowest BCUT2D eigenvalue weighted by Crippen LogP contribution is -2.59. The molecule has 0 fully saturated rings. The summed E-state index contributed by atoms with van der Waals surface area (Å²) in [6.45, 7) is 4.35. The Morgan fingerprint density at radius 3 is 2.04 bits per heavy atom. The monoisotopic (exact) mass is 657 g/mol. The molecule has 2 aromatic carbocycles. The van der Waals surface area contributed by atoms with E-state index in [2.05, 4.69) is 9.84 Å². The molecule has 2 aromatic rings. The van der Waals surface area contributed by atoms with Crippen LogP contribution in [0.15, 0.2) is 41.5 Å². The van der Waals surface area contributed by atoms with Crippen molar-refractivity contribution in [2.75, 3.05) is 23.5 Å². The minimum absolute atomic E-state index is 0.0405. The number of hydrazine groups is 2. The fourth-order valence-electron chi connectivity index (χ4n) is 4.80. The third kappa shape index (κ3) is 8.98. The average molecular weight is 658 g/mol. The Morgan fingerprint density at radius 1 is 1.00 bits per heavy atom. The molecule has 1 amide bonds. The number of benzene rings is 2. The molecule has 1 heterocycles. The van der Waals surface area contributed by atoms with Crippen molar-refractivity contribution in [1.29, 1.82) is 0 Å². The fraction of sp³-hybridized carbons (Fsp3) is 0.481. The predicted octanol–water partition coefficient (Wildman–Crippen LogP) is 6.05. The maximum Gasteiger partial charge on any atom is 0.573 e. The van der Waals surface area contributed by atoms with Crippen molar-refractivity contribution in [1.82, 2.24) is 10.1 Å². The number of carbonyl (C=O) groups is 1. The predicted molar refractivity (Wildman–Crippen MR) is 147 cm³/mol. The van der Waals surface area contributed by atoms with Crippen LogP contribution in [0.5, 0.6) is 5.75 Å². The summed E-state index contributed by atoms with van der Waals surface area (Å²) in [6, 6.07) is 3.41. The number of carbonyl (C=O) groups excluding carboxylic acids is 1. The summed E-state index contributed by atoms with van der Waals surface area (Å²) >= 11 is 0. The molecule has 0 saturated carbocycles. The first-order valence-electron chi connectivity index (χ1n) is 13.5. The summed E-state index contributed by atoms with van der Waals surface area (Å²) in [5, 5.41) is 6.76. The van der Waals surface area contributed by atoms with Gasteiger partial charge in [-0.15, -0.1) is 18.3 Å². The van der Waals surface area contributed by atoms with Gasteiger partial charge in [-0.2, -0.15) is 26.3 Å². The number of hydrogen-bond acceptors (Lipinski definition) is 6. The van der Waals surface area contributed by atoms with E-state index < -0.39 is 59.7 Å². The number of anilines is 2. The number of guanidine groups is 1. The number of halogens is 9. The number of amides is 1. The van der Waals surface area contributed by atoms with Gasteiger partial charge in [0.05, 0.1) is 41.6 Å². The highest BCUT2D eigenvalue weighted by atomic mass is 19.4. The largest absolute Gasteiger partial charge is 0.573 e. The van der Waals surface area contributed by atoms with E-state index in [1.165, 1.54) is 23.0 Å². The van der Waals surface area contributed by atoms with Gasteiger partial charge >= 0.3 is 18.7 Å². The molecule has 0 saturated heterocycles. The van der Waals surface area contributed by atoms with Crippen LogP contribution in [-0.2, 0) is 23.7 Å². The van der Waals surface area contributed by atoms with Crippen molar-refractivity contribution in [3.63, 3.8) is 0 Å². The van der Waals surface area contributed by atoms with Crippen LogP contribution in [0.3, 0.4) is 0 Å². The average Bonchev–Trinajstić information content (AvgIpc) is 2.88. The topological polar surface area (TPSA) is 104 Å². The maximum absolute atomic E-state index is 13.6. The molecule has 0 radical (unpaired) electrons. The second-order valence-corrected chi connectivity index (χ2v) is 10.7.